The number of amides is 1. The van der Waals surface area contributed by atoms with Gasteiger partial charge in [0, 0.05) is 20.0 Å². The molecule has 23 heteroatoms. The maximum atomic E-state index is 13.5. The summed E-state index contributed by atoms with van der Waals surface area (Å²) in [7, 11) is -4.08. The summed E-state index contributed by atoms with van der Waals surface area (Å²) in [5.74, 6) is -1.09. The van der Waals surface area contributed by atoms with E-state index in [9.17, 15) is 27.7 Å². The van der Waals surface area contributed by atoms with E-state index in [0.717, 1.165) is 47.9 Å². The van der Waals surface area contributed by atoms with Crippen molar-refractivity contribution in [3.05, 3.63) is 144 Å². The first-order valence-corrected chi connectivity index (χ1v) is 29.3. The van der Waals surface area contributed by atoms with Crippen LogP contribution in [0.1, 0.15) is 81.0 Å². The first kappa shape index (κ1) is 67.0. The molecule has 0 bridgehead atoms. The average Bonchev–Trinajstić information content (AvgIpc) is 3.56. The van der Waals surface area contributed by atoms with Gasteiger partial charge in [0.2, 0.25) is 16.3 Å². The SMILES string of the molecule is COC(=O)CCCCCCCCO[C@@H]1O[C@H](COCc2ccccc2)[C@@H](O[C@@H]2O[C@H](CCl)[C@H](Cl)[C@H](OS(=O)(=O)[O-])[C@H]2O)[C@H](O[C@@H]2O[C@@H](C)[C@@H](OCc3ccccc3)[C@@H](OCc3ccccc3)[C@@H]2OCc2ccccc2)[C@H]1NC(C)=O.[Na+]. The molecule has 0 aliphatic carbocycles. The normalized spacial score (nSPS) is 28.6. The number of aliphatic hydroxyl groups excluding tert-OH is 1. The topological polar surface area (TPSA) is 234 Å². The minimum Gasteiger partial charge on any atom is -0.726 e. The van der Waals surface area contributed by atoms with Crippen molar-refractivity contribution >= 4 is 45.5 Å². The Hall–Kier alpha value is -3.17. The number of carbonyl (C=O) groups is 2. The van der Waals surface area contributed by atoms with Crippen LogP contribution in [0.25, 0.3) is 0 Å². The fourth-order valence-corrected chi connectivity index (χ4v) is 11.1. The number of benzene rings is 4. The van der Waals surface area contributed by atoms with Crippen molar-refractivity contribution in [3.63, 3.8) is 0 Å². The molecule has 0 spiro atoms. The maximum absolute atomic E-state index is 13.5. The summed E-state index contributed by atoms with van der Waals surface area (Å²) in [5, 5.41) is 13.4. The molecule has 3 aliphatic rings. The minimum atomic E-state index is -5.45. The number of nitrogens with one attached hydrogen (secondary N) is 1. The number of alkyl halides is 2. The molecule has 0 aromatic heterocycles. The van der Waals surface area contributed by atoms with Crippen molar-refractivity contribution in [3.8, 4) is 0 Å². The van der Waals surface area contributed by atoms with Crippen LogP contribution in [-0.4, -0.2) is 147 Å². The molecule has 1 amide bonds. The third-order valence-corrected chi connectivity index (χ3v) is 15.1. The first-order valence-electron chi connectivity index (χ1n) is 27.0. The molecule has 3 fully saturated rings. The molecule has 7 rings (SSSR count). The van der Waals surface area contributed by atoms with E-state index in [1.165, 1.54) is 14.0 Å². The number of esters is 1. The molecular formula is C58H74Cl2NNaO18S. The molecule has 440 valence electrons. The van der Waals surface area contributed by atoms with Gasteiger partial charge in [-0.3, -0.25) is 13.8 Å². The van der Waals surface area contributed by atoms with Gasteiger partial charge in [-0.25, -0.2) is 8.42 Å². The molecule has 4 aromatic carbocycles. The molecule has 19 nitrogen and oxygen atoms in total. The van der Waals surface area contributed by atoms with Crippen LogP contribution in [0.5, 0.6) is 0 Å². The zero-order valence-electron chi connectivity index (χ0n) is 46.2. The van der Waals surface area contributed by atoms with Gasteiger partial charge >= 0.3 is 35.5 Å². The van der Waals surface area contributed by atoms with E-state index in [1.807, 2.05) is 128 Å². The number of carbonyl (C=O) groups excluding carboxylic acids is 2. The summed E-state index contributed by atoms with van der Waals surface area (Å²) in [6.45, 7) is 3.65. The standard InChI is InChI=1S/C58H75Cl2NO18S.Na/c1-38-50(71-34-41-24-14-9-15-25-41)54(72-35-42-26-16-10-17-27-42)55(73-36-43-28-18-11-19-29-43)58(74-38)78-53-48(61-39(2)62)56(70-31-21-7-5-4-6-20-30-46(63)68-3)76-45(37-69-33-40-22-12-8-13-23-40)51(53)77-57-49(64)52(79-80(65,66)67)47(60)44(32-59)75-57;/h8-19,22-29,38,44-45,47-58,64H,4-7,20-21,30-37H2,1-3H3,(H,61,62)(H,65,66,67);/q;+1/p-1/t38-,44+,45+,47-,48+,49+,50+,51+,52-,53+,54+,55-,56+,57-,58-;/m0./s1. The molecule has 3 saturated heterocycles. The number of unbranched alkanes of at least 4 members (excludes halogenated alkanes) is 5. The number of rotatable bonds is 31. The molecule has 2 N–H and O–H groups in total. The van der Waals surface area contributed by atoms with Crippen LogP contribution < -0.4 is 34.9 Å². The van der Waals surface area contributed by atoms with E-state index in [4.69, 9.17) is 79.5 Å². The van der Waals surface area contributed by atoms with Gasteiger partial charge in [0.25, 0.3) is 0 Å². The number of halogens is 2. The fourth-order valence-electron chi connectivity index (χ4n) is 9.79. The van der Waals surface area contributed by atoms with Crippen molar-refractivity contribution in [1.29, 1.82) is 0 Å². The zero-order chi connectivity index (χ0) is 56.9. The molecule has 0 saturated carbocycles. The van der Waals surface area contributed by atoms with Crippen molar-refractivity contribution < 1.29 is 114 Å². The van der Waals surface area contributed by atoms with Crippen molar-refractivity contribution in [1.82, 2.24) is 5.32 Å². The van der Waals surface area contributed by atoms with Crippen LogP contribution in [0, 0.1) is 0 Å². The molecule has 0 unspecified atom stereocenters. The number of hydrogen-bond acceptors (Lipinski definition) is 18. The molecule has 3 aliphatic heterocycles. The summed E-state index contributed by atoms with van der Waals surface area (Å²) < 4.78 is 113. The predicted octanol–water partition coefficient (Wildman–Crippen LogP) is 4.41. The van der Waals surface area contributed by atoms with Crippen LogP contribution in [0.3, 0.4) is 0 Å². The second-order valence-electron chi connectivity index (χ2n) is 19.9. The van der Waals surface area contributed by atoms with Gasteiger partial charge in [0.05, 0.1) is 63.6 Å². The van der Waals surface area contributed by atoms with Gasteiger partial charge in [-0.2, -0.15) is 0 Å². The molecule has 0 radical (unpaired) electrons. The molecule has 3 heterocycles. The molecular weight excluding hydrogens is 1120 g/mol. The number of hydrogen-bond donors (Lipinski definition) is 2. The number of aliphatic hydroxyl groups is 1. The summed E-state index contributed by atoms with van der Waals surface area (Å²) >= 11 is 12.9. The van der Waals surface area contributed by atoms with Crippen molar-refractivity contribution in [2.24, 2.45) is 0 Å². The second kappa shape index (κ2) is 34.7. The average molecular weight is 1200 g/mol. The Kier molecular flexibility index (Phi) is 28.7. The summed E-state index contributed by atoms with van der Waals surface area (Å²) in [6, 6.07) is 37.0. The van der Waals surface area contributed by atoms with Gasteiger partial charge in [-0.05, 0) is 42.0 Å². The maximum Gasteiger partial charge on any atom is 1.00 e. The van der Waals surface area contributed by atoms with Gasteiger partial charge < -0.3 is 67.1 Å². The summed E-state index contributed by atoms with van der Waals surface area (Å²) in [6.07, 6.45) is -11.9. The van der Waals surface area contributed by atoms with Gasteiger partial charge in [-0.15, -0.1) is 23.2 Å². The Labute approximate surface area is 507 Å². The second-order valence-corrected chi connectivity index (χ2v) is 21.7. The van der Waals surface area contributed by atoms with E-state index in [2.05, 4.69) is 5.32 Å². The van der Waals surface area contributed by atoms with Crippen LogP contribution in [-0.2, 0) is 103 Å². The predicted molar refractivity (Wildman–Crippen MR) is 291 cm³/mol. The van der Waals surface area contributed by atoms with Gasteiger partial charge in [0.1, 0.15) is 54.9 Å². The van der Waals surface area contributed by atoms with E-state index in [0.29, 0.717) is 19.3 Å². The largest absolute Gasteiger partial charge is 1.00 e. The smallest absolute Gasteiger partial charge is 0.726 e. The van der Waals surface area contributed by atoms with Crippen molar-refractivity contribution in [2.45, 2.75) is 177 Å². The quantitative estimate of drug-likeness (QED) is 0.0177. The Balaban J connectivity index is 0.0000106. The van der Waals surface area contributed by atoms with Crippen LogP contribution in [0.15, 0.2) is 121 Å². The number of methoxy groups -OCH3 is 1. The summed E-state index contributed by atoms with van der Waals surface area (Å²) in [4.78, 5) is 25.2. The van der Waals surface area contributed by atoms with Crippen LogP contribution >= 0.6 is 23.2 Å². The van der Waals surface area contributed by atoms with E-state index >= 15 is 0 Å². The fraction of sp³-hybridized carbons (Fsp3) is 0.552. The Morgan fingerprint density at radius 3 is 1.64 bits per heavy atom. The molecule has 81 heavy (non-hydrogen) atoms. The van der Waals surface area contributed by atoms with E-state index < -0.39 is 108 Å². The Bertz CT molecular complexity index is 2540. The van der Waals surface area contributed by atoms with Gasteiger partial charge in [-0.1, -0.05) is 147 Å². The first-order chi connectivity index (χ1) is 38.7. The monoisotopic (exact) mass is 1200 g/mol. The van der Waals surface area contributed by atoms with Gasteiger partial charge in [0.15, 0.2) is 18.9 Å². The minimum absolute atomic E-state index is 0. The third kappa shape index (κ3) is 21.1. The van der Waals surface area contributed by atoms with E-state index in [-0.39, 0.29) is 81.0 Å². The van der Waals surface area contributed by atoms with Crippen LogP contribution in [0.2, 0.25) is 0 Å². The third-order valence-electron chi connectivity index (χ3n) is 13.8. The molecule has 4 aromatic rings. The Morgan fingerprint density at radius 2 is 1.11 bits per heavy atom. The number of ether oxygens (including phenoxy) is 11. The zero-order valence-corrected chi connectivity index (χ0v) is 50.5. The van der Waals surface area contributed by atoms with Crippen molar-refractivity contribution in [2.75, 3.05) is 26.2 Å². The van der Waals surface area contributed by atoms with Crippen LogP contribution in [0.4, 0.5) is 0 Å². The van der Waals surface area contributed by atoms with E-state index in [1.54, 1.807) is 0 Å². The molecule has 15 atom stereocenters. The summed E-state index contributed by atoms with van der Waals surface area (Å²) in [5.41, 5.74) is 3.45. The Morgan fingerprint density at radius 1 is 0.617 bits per heavy atom.